The molecule has 0 aliphatic carbocycles. The van der Waals surface area contributed by atoms with Crippen molar-refractivity contribution in [3.8, 4) is 0 Å². The van der Waals surface area contributed by atoms with E-state index in [9.17, 15) is 14.7 Å². The number of fused-ring (bicyclic) bond motifs is 2. The van der Waals surface area contributed by atoms with Gasteiger partial charge in [-0.2, -0.15) is 0 Å². The molecule has 2 N–H and O–H groups in total. The maximum absolute atomic E-state index is 12.4. The van der Waals surface area contributed by atoms with Crippen molar-refractivity contribution in [1.82, 2.24) is 15.1 Å². The van der Waals surface area contributed by atoms with E-state index in [2.05, 4.69) is 17.3 Å². The number of aliphatic carboxylic acids is 1. The molecule has 2 aliphatic heterocycles. The van der Waals surface area contributed by atoms with Crippen LogP contribution in [-0.4, -0.2) is 65.2 Å². The second-order valence-corrected chi connectivity index (χ2v) is 6.44. The molecule has 4 atom stereocenters. The minimum atomic E-state index is -0.953. The Morgan fingerprint density at radius 1 is 1.29 bits per heavy atom. The summed E-state index contributed by atoms with van der Waals surface area (Å²) in [5.41, 5.74) is 0. The second kappa shape index (κ2) is 6.64. The van der Waals surface area contributed by atoms with Crippen molar-refractivity contribution in [3.05, 3.63) is 0 Å². The van der Waals surface area contributed by atoms with Crippen LogP contribution in [0, 0.1) is 5.92 Å². The van der Waals surface area contributed by atoms with Gasteiger partial charge >= 0.3 is 12.0 Å². The van der Waals surface area contributed by atoms with Gasteiger partial charge in [-0.15, -0.1) is 0 Å². The number of likely N-dealkylation sites (N-methyl/N-ethyl adjacent to an activating group) is 1. The van der Waals surface area contributed by atoms with Crippen molar-refractivity contribution in [2.24, 2.45) is 5.92 Å². The van der Waals surface area contributed by atoms with Crippen molar-refractivity contribution in [2.45, 2.75) is 57.7 Å². The van der Waals surface area contributed by atoms with E-state index in [0.29, 0.717) is 25.2 Å². The fraction of sp³-hybridized carbons (Fsp3) is 0.867. The molecular weight excluding hydrogens is 270 g/mol. The molecule has 2 amide bonds. The van der Waals surface area contributed by atoms with E-state index in [1.807, 2.05) is 13.8 Å². The van der Waals surface area contributed by atoms with Crippen molar-refractivity contribution >= 4 is 12.0 Å². The summed E-state index contributed by atoms with van der Waals surface area (Å²) < 4.78 is 0. The van der Waals surface area contributed by atoms with Crippen LogP contribution in [0.15, 0.2) is 0 Å². The molecular formula is C15H27N3O3. The number of nitrogens with zero attached hydrogens (tertiary/aromatic N) is 2. The predicted molar refractivity (Wildman–Crippen MR) is 80.2 cm³/mol. The molecule has 0 aromatic rings. The Hall–Kier alpha value is -1.30. The first kappa shape index (κ1) is 16.1. The molecule has 0 spiro atoms. The number of likely N-dealkylation sites (tertiary alicyclic amines) is 1. The highest BCUT2D eigenvalue weighted by Crippen LogP contribution is 2.28. The number of hydrogen-bond acceptors (Lipinski definition) is 3. The molecule has 120 valence electrons. The van der Waals surface area contributed by atoms with Gasteiger partial charge in [-0.1, -0.05) is 20.3 Å². The summed E-state index contributed by atoms with van der Waals surface area (Å²) >= 11 is 0. The van der Waals surface area contributed by atoms with Gasteiger partial charge in [0, 0.05) is 25.2 Å². The first-order valence-corrected chi connectivity index (χ1v) is 7.94. The normalized spacial score (nSPS) is 28.8. The summed E-state index contributed by atoms with van der Waals surface area (Å²) in [6.45, 7) is 5.21. The smallest absolute Gasteiger partial charge is 0.326 e. The van der Waals surface area contributed by atoms with E-state index in [1.165, 1.54) is 6.42 Å². The third-order valence-corrected chi connectivity index (χ3v) is 5.19. The molecule has 2 fully saturated rings. The first-order chi connectivity index (χ1) is 9.93. The van der Waals surface area contributed by atoms with E-state index < -0.39 is 12.0 Å². The fourth-order valence-corrected chi connectivity index (χ4v) is 3.40. The van der Waals surface area contributed by atoms with Crippen LogP contribution in [-0.2, 0) is 4.79 Å². The van der Waals surface area contributed by atoms with E-state index in [0.717, 1.165) is 19.3 Å². The number of amides is 2. The minimum absolute atomic E-state index is 0.0717. The van der Waals surface area contributed by atoms with Crippen LogP contribution in [0.3, 0.4) is 0 Å². The lowest BCUT2D eigenvalue weighted by Gasteiger charge is -2.28. The maximum Gasteiger partial charge on any atom is 0.326 e. The van der Waals surface area contributed by atoms with Gasteiger partial charge in [0.25, 0.3) is 0 Å². The van der Waals surface area contributed by atoms with Crippen LogP contribution in [0.25, 0.3) is 0 Å². The minimum Gasteiger partial charge on any atom is -0.480 e. The van der Waals surface area contributed by atoms with E-state index >= 15 is 0 Å². The Bertz CT molecular complexity index is 402. The average molecular weight is 297 g/mol. The molecule has 0 aromatic carbocycles. The van der Waals surface area contributed by atoms with Crippen molar-refractivity contribution in [1.29, 1.82) is 0 Å². The number of carboxylic acids is 1. The number of urea groups is 1. The van der Waals surface area contributed by atoms with Crippen LogP contribution in [0.1, 0.15) is 39.5 Å². The Labute approximate surface area is 126 Å². The first-order valence-electron chi connectivity index (χ1n) is 7.94. The third kappa shape index (κ3) is 3.48. The lowest BCUT2D eigenvalue weighted by atomic mass is 9.99. The Kier molecular flexibility index (Phi) is 5.08. The standard InChI is InChI=1S/C15H27N3O3/c1-4-10(2)13(14(19)20)16-15(21)18-8-7-11-5-6-12(9-18)17(11)3/h10-13H,4-9H2,1-3H3,(H,16,21)(H,19,20)/t10?,11?,12?,13-/m0/s1. The number of carboxylic acid groups (broad SMARTS) is 1. The van der Waals surface area contributed by atoms with Crippen molar-refractivity contribution in [2.75, 3.05) is 20.1 Å². The molecule has 2 rings (SSSR count). The predicted octanol–water partition coefficient (Wildman–Crippen LogP) is 1.36. The van der Waals surface area contributed by atoms with Gasteiger partial charge in [0.1, 0.15) is 6.04 Å². The van der Waals surface area contributed by atoms with Crippen molar-refractivity contribution in [3.63, 3.8) is 0 Å². The molecule has 3 unspecified atom stereocenters. The number of hydrogen-bond donors (Lipinski definition) is 2. The number of carbonyl (C=O) groups is 2. The van der Waals surface area contributed by atoms with Crippen LogP contribution >= 0.6 is 0 Å². The summed E-state index contributed by atoms with van der Waals surface area (Å²) in [6, 6.07) is -0.0583. The lowest BCUT2D eigenvalue weighted by Crippen LogP contribution is -2.52. The van der Waals surface area contributed by atoms with Gasteiger partial charge in [0.15, 0.2) is 0 Å². The Balaban J connectivity index is 1.98. The van der Waals surface area contributed by atoms with Gasteiger partial charge in [0.05, 0.1) is 0 Å². The molecule has 0 saturated carbocycles. The monoisotopic (exact) mass is 297 g/mol. The number of rotatable bonds is 4. The zero-order chi connectivity index (χ0) is 15.6. The molecule has 2 saturated heterocycles. The zero-order valence-electron chi connectivity index (χ0n) is 13.2. The van der Waals surface area contributed by atoms with Gasteiger partial charge in [0.2, 0.25) is 0 Å². The van der Waals surface area contributed by atoms with E-state index in [4.69, 9.17) is 0 Å². The lowest BCUT2D eigenvalue weighted by molar-refractivity contribution is -0.140. The van der Waals surface area contributed by atoms with Crippen molar-refractivity contribution < 1.29 is 14.7 Å². The highest BCUT2D eigenvalue weighted by atomic mass is 16.4. The van der Waals surface area contributed by atoms with Gasteiger partial charge < -0.3 is 15.3 Å². The topological polar surface area (TPSA) is 72.9 Å². The largest absolute Gasteiger partial charge is 0.480 e. The zero-order valence-corrected chi connectivity index (χ0v) is 13.2. The summed E-state index contributed by atoms with van der Waals surface area (Å²) in [5.74, 6) is -1.02. The van der Waals surface area contributed by atoms with Crippen LogP contribution < -0.4 is 5.32 Å². The molecule has 2 heterocycles. The summed E-state index contributed by atoms with van der Waals surface area (Å²) in [4.78, 5) is 27.9. The third-order valence-electron chi connectivity index (χ3n) is 5.19. The Morgan fingerprint density at radius 2 is 1.95 bits per heavy atom. The van der Waals surface area contributed by atoms with Crippen LogP contribution in [0.2, 0.25) is 0 Å². The molecule has 0 aromatic heterocycles. The fourth-order valence-electron chi connectivity index (χ4n) is 3.40. The highest BCUT2D eigenvalue weighted by Gasteiger charge is 2.37. The quantitative estimate of drug-likeness (QED) is 0.822. The summed E-state index contributed by atoms with van der Waals surface area (Å²) in [6.07, 6.45) is 4.03. The highest BCUT2D eigenvalue weighted by molar-refractivity contribution is 5.82. The molecule has 6 heteroatoms. The molecule has 2 bridgehead atoms. The van der Waals surface area contributed by atoms with Crippen LogP contribution in [0.5, 0.6) is 0 Å². The SMILES string of the molecule is CCC(C)[C@H](NC(=O)N1CCC2CCC(C1)N2C)C(=O)O. The number of carbonyl (C=O) groups excluding carboxylic acids is 1. The summed E-state index contributed by atoms with van der Waals surface area (Å²) in [7, 11) is 2.13. The van der Waals surface area contributed by atoms with Gasteiger partial charge in [-0.25, -0.2) is 9.59 Å². The molecule has 0 radical (unpaired) electrons. The Morgan fingerprint density at radius 3 is 2.57 bits per heavy atom. The van der Waals surface area contributed by atoms with E-state index in [-0.39, 0.29) is 11.9 Å². The number of nitrogens with one attached hydrogen (secondary N) is 1. The average Bonchev–Trinajstić information content (AvgIpc) is 2.68. The second-order valence-electron chi connectivity index (χ2n) is 6.44. The molecule has 2 aliphatic rings. The maximum atomic E-state index is 12.4. The molecule has 21 heavy (non-hydrogen) atoms. The van der Waals surface area contributed by atoms with Gasteiger partial charge in [-0.3, -0.25) is 4.90 Å². The molecule has 6 nitrogen and oxygen atoms in total. The van der Waals surface area contributed by atoms with Crippen LogP contribution in [0.4, 0.5) is 4.79 Å². The van der Waals surface area contributed by atoms with Gasteiger partial charge in [-0.05, 0) is 32.2 Å². The summed E-state index contributed by atoms with van der Waals surface area (Å²) in [5, 5.41) is 12.0. The van der Waals surface area contributed by atoms with E-state index in [1.54, 1.807) is 4.90 Å².